The summed E-state index contributed by atoms with van der Waals surface area (Å²) in [6.07, 6.45) is -15.5. The Morgan fingerprint density at radius 3 is 2.06 bits per heavy atom. The second-order valence-corrected chi connectivity index (χ2v) is 18.2. The highest BCUT2D eigenvalue weighted by atomic mass is 16.7. The lowest BCUT2D eigenvalue weighted by molar-refractivity contribution is -0.355. The van der Waals surface area contributed by atoms with E-state index in [4.69, 9.17) is 25.1 Å². The SMILES string of the molecule is CN(C)c1cc(NC(=O)CNC(C)(C)C)c(O)c2c1C[C@H]1C[C@H]3[C@H](N(C)C)C(=O)C(C(N)=O)=C(O)[C@@]3(O)C(=O)C1=C2O.OC[C@H]1O[C@@H](O[C@H]2[C@H](O)[C@@H](O)[C@H](O)O[C@@H]2CO)[C@H](O)[C@@H](O)[C@H]1O. The van der Waals surface area contributed by atoms with E-state index in [-0.39, 0.29) is 41.7 Å². The van der Waals surface area contributed by atoms with Crippen molar-refractivity contribution in [2.24, 2.45) is 17.6 Å². The molecule has 1 aromatic carbocycles. The molecule has 0 spiro atoms. The minimum Gasteiger partial charge on any atom is -0.508 e. The zero-order chi connectivity index (χ0) is 48.9. The zero-order valence-corrected chi connectivity index (χ0v) is 36.8. The largest absolute Gasteiger partial charge is 0.508 e. The van der Waals surface area contributed by atoms with E-state index in [1.165, 1.54) is 4.90 Å². The number of ether oxygens (including phenoxy) is 3. The summed E-state index contributed by atoms with van der Waals surface area (Å²) in [4.78, 5) is 55.3. The first-order valence-electron chi connectivity index (χ1n) is 20.7. The number of carbonyl (C=O) groups is 4. The number of rotatable bonds is 10. The molecule has 0 radical (unpaired) electrons. The van der Waals surface area contributed by atoms with Gasteiger partial charge < -0.3 is 96.8 Å². The number of aliphatic hydroxyl groups excluding tert-OH is 10. The van der Waals surface area contributed by atoms with Gasteiger partial charge >= 0.3 is 0 Å². The molecule has 1 saturated carbocycles. The van der Waals surface area contributed by atoms with E-state index < -0.39 is 144 Å². The molecule has 6 rings (SSSR count). The van der Waals surface area contributed by atoms with Gasteiger partial charge in [-0.25, -0.2) is 0 Å². The Kier molecular flexibility index (Phi) is 15.4. The third-order valence-corrected chi connectivity index (χ3v) is 12.2. The van der Waals surface area contributed by atoms with Gasteiger partial charge in [0.25, 0.3) is 5.91 Å². The molecule has 2 saturated heterocycles. The average molecular weight is 928 g/mol. The van der Waals surface area contributed by atoms with Crippen LogP contribution in [0.25, 0.3) is 5.76 Å². The topological polar surface area (TPSA) is 395 Å². The second-order valence-electron chi connectivity index (χ2n) is 18.2. The Balaban J connectivity index is 0.000000291. The monoisotopic (exact) mass is 927 g/mol. The number of nitrogens with two attached hydrogens (primary N) is 1. The highest BCUT2D eigenvalue weighted by molar-refractivity contribution is 6.24. The average Bonchev–Trinajstić information content (AvgIpc) is 3.22. The number of anilines is 2. The molecule has 0 unspecified atom stereocenters. The highest BCUT2D eigenvalue weighted by Gasteiger charge is 2.64. The highest BCUT2D eigenvalue weighted by Crippen LogP contribution is 2.54. The van der Waals surface area contributed by atoms with Gasteiger partial charge in [-0.2, -0.15) is 0 Å². The summed E-state index contributed by atoms with van der Waals surface area (Å²) in [5.41, 5.74) is 2.11. The van der Waals surface area contributed by atoms with Crippen molar-refractivity contribution < 1.29 is 94.7 Å². The number of fused-ring (bicyclic) bond motifs is 3. The lowest BCUT2D eigenvalue weighted by atomic mass is 9.57. The number of hydrogen-bond donors (Lipinski definition) is 15. The van der Waals surface area contributed by atoms with Gasteiger partial charge in [-0.3, -0.25) is 24.1 Å². The van der Waals surface area contributed by atoms with Crippen LogP contribution in [-0.2, 0) is 39.8 Å². The van der Waals surface area contributed by atoms with Crippen LogP contribution in [0.2, 0.25) is 0 Å². The number of phenolic OH excluding ortho intramolecular Hbond substituents is 1. The Morgan fingerprint density at radius 2 is 1.52 bits per heavy atom. The molecule has 2 heterocycles. The fourth-order valence-electron chi connectivity index (χ4n) is 8.90. The minimum atomic E-state index is -2.73. The van der Waals surface area contributed by atoms with Crippen LogP contribution in [0.1, 0.15) is 38.3 Å². The summed E-state index contributed by atoms with van der Waals surface area (Å²) < 4.78 is 15.3. The van der Waals surface area contributed by atoms with E-state index >= 15 is 0 Å². The lowest BCUT2D eigenvalue weighted by Gasteiger charge is -2.50. The van der Waals surface area contributed by atoms with Gasteiger partial charge in [0.15, 0.2) is 24.0 Å². The maximum atomic E-state index is 14.0. The van der Waals surface area contributed by atoms with Crippen molar-refractivity contribution in [1.29, 1.82) is 0 Å². The van der Waals surface area contributed by atoms with Crippen molar-refractivity contribution in [3.8, 4) is 5.75 Å². The number of aliphatic hydroxyl groups is 11. The summed E-state index contributed by atoms with van der Waals surface area (Å²) in [6.45, 7) is 4.28. The molecule has 3 fully saturated rings. The summed E-state index contributed by atoms with van der Waals surface area (Å²) in [7, 11) is 6.58. The van der Waals surface area contributed by atoms with Crippen LogP contribution in [0, 0.1) is 11.8 Å². The van der Waals surface area contributed by atoms with E-state index in [2.05, 4.69) is 10.6 Å². The minimum absolute atomic E-state index is 0.00158. The van der Waals surface area contributed by atoms with Gasteiger partial charge in [-0.05, 0) is 65.3 Å². The molecule has 5 aliphatic rings. The van der Waals surface area contributed by atoms with Crippen molar-refractivity contribution >= 4 is 40.5 Å². The number of Topliss-reactive ketones (excluding diaryl/α,β-unsaturated/α-hetero) is 2. The molecule has 2 amide bonds. The smallest absolute Gasteiger partial charge is 0.255 e. The Bertz CT molecular complexity index is 2070. The second kappa shape index (κ2) is 19.5. The van der Waals surface area contributed by atoms with Crippen LogP contribution in [0.3, 0.4) is 0 Å². The molecule has 0 aromatic heterocycles. The third kappa shape index (κ3) is 9.60. The fourth-order valence-corrected chi connectivity index (χ4v) is 8.90. The fraction of sp³-hybridized carbons (Fsp3) is 0.659. The van der Waals surface area contributed by atoms with Crippen LogP contribution < -0.4 is 21.3 Å². The van der Waals surface area contributed by atoms with Gasteiger partial charge in [-0.15, -0.1) is 0 Å². The Morgan fingerprint density at radius 1 is 0.908 bits per heavy atom. The lowest BCUT2D eigenvalue weighted by Crippen LogP contribution is -2.65. The summed E-state index contributed by atoms with van der Waals surface area (Å²) in [5.74, 6) is -7.79. The first-order chi connectivity index (χ1) is 30.1. The number of phenols is 1. The van der Waals surface area contributed by atoms with Crippen molar-refractivity contribution in [2.45, 2.75) is 112 Å². The number of benzene rings is 1. The maximum absolute atomic E-state index is 14.0. The van der Waals surface area contributed by atoms with Gasteiger partial charge in [-0.1, -0.05) is 0 Å². The number of likely N-dealkylation sites (N-methyl/N-ethyl adjacent to an activating group) is 1. The first kappa shape index (κ1) is 51.6. The predicted octanol–water partition coefficient (Wildman–Crippen LogP) is -5.04. The molecule has 16 N–H and O–H groups in total. The molecule has 3 aliphatic carbocycles. The first-order valence-corrected chi connectivity index (χ1v) is 20.7. The van der Waals surface area contributed by atoms with E-state index in [0.717, 1.165) is 0 Å². The number of nitrogens with one attached hydrogen (secondary N) is 2. The van der Waals surface area contributed by atoms with Crippen molar-refractivity contribution in [2.75, 3.05) is 58.2 Å². The molecular weight excluding hydrogens is 866 g/mol. The van der Waals surface area contributed by atoms with Crippen LogP contribution in [0.4, 0.5) is 11.4 Å². The maximum Gasteiger partial charge on any atom is 0.255 e. The molecular formula is C41H61N5O19. The quantitative estimate of drug-likeness (QED) is 0.0771. The summed E-state index contributed by atoms with van der Waals surface area (Å²) in [5, 5.41) is 128. The molecule has 0 bridgehead atoms. The van der Waals surface area contributed by atoms with Crippen LogP contribution in [-0.4, -0.2) is 216 Å². The van der Waals surface area contributed by atoms with Gasteiger partial charge in [0.05, 0.1) is 37.1 Å². The number of hydrogen-bond acceptors (Lipinski definition) is 22. The third-order valence-electron chi connectivity index (χ3n) is 12.2. The van der Waals surface area contributed by atoms with E-state index in [1.807, 2.05) is 20.8 Å². The van der Waals surface area contributed by atoms with Crippen molar-refractivity contribution in [3.05, 3.63) is 34.1 Å². The van der Waals surface area contributed by atoms with Gasteiger partial charge in [0.2, 0.25) is 11.7 Å². The van der Waals surface area contributed by atoms with Crippen molar-refractivity contribution in [3.63, 3.8) is 0 Å². The number of carbonyl (C=O) groups excluding carboxylic acids is 4. The predicted molar refractivity (Wildman–Crippen MR) is 224 cm³/mol. The molecule has 14 atom stereocenters. The standard InChI is InChI=1S/C29H39N5O8.C12H22O11/c1-28(2,3)31-11-17(35)32-15-10-16(33(4)5)13-8-12-9-14-21(34(6)7)24(38)20(27(30)41)26(40)29(14,42)25(39)18(12)23(37)19(13)22(15)36;13-1-3-5(15)6(16)9(19)12(22-3)23-10-4(2-14)21-11(20)8(18)7(10)17/h10,12,14,21,31,36-37,40,42H,8-9,11H2,1-7H3,(H2,30,41)(H,32,35);3-20H,1-2H2/t12-,14-,21-,29-;3-,4-,5+,6+,7-,8-,9-,10-,11-,12+/m01/s1. The van der Waals surface area contributed by atoms with E-state index in [9.17, 15) is 75.3 Å². The normalized spacial score (nSPS) is 34.9. The van der Waals surface area contributed by atoms with Gasteiger partial charge in [0.1, 0.15) is 71.7 Å². The van der Waals surface area contributed by atoms with E-state index in [0.29, 0.717) is 11.3 Å². The number of aromatic hydroxyl groups is 1. The molecule has 24 nitrogen and oxygen atoms in total. The number of amides is 2. The van der Waals surface area contributed by atoms with E-state index in [1.54, 1.807) is 39.2 Å². The van der Waals surface area contributed by atoms with Crippen LogP contribution in [0.5, 0.6) is 5.75 Å². The zero-order valence-electron chi connectivity index (χ0n) is 36.8. The van der Waals surface area contributed by atoms with Crippen LogP contribution in [0.15, 0.2) is 23.0 Å². The molecule has 1 aromatic rings. The summed E-state index contributed by atoms with van der Waals surface area (Å²) in [6, 6.07) is 0.409. The van der Waals surface area contributed by atoms with Crippen molar-refractivity contribution in [1.82, 2.24) is 10.2 Å². The summed E-state index contributed by atoms with van der Waals surface area (Å²) >= 11 is 0. The molecule has 2 aliphatic heterocycles. The Labute approximate surface area is 372 Å². The van der Waals surface area contributed by atoms with Crippen LogP contribution >= 0.6 is 0 Å². The molecule has 24 heteroatoms. The molecule has 364 valence electrons. The number of nitrogens with zero attached hydrogens (tertiary/aromatic N) is 2. The molecule has 65 heavy (non-hydrogen) atoms. The number of primary amides is 1. The Hall–Kier alpha value is -4.38. The number of ketones is 2. The van der Waals surface area contributed by atoms with Gasteiger partial charge in [0, 0.05) is 36.8 Å².